The summed E-state index contributed by atoms with van der Waals surface area (Å²) in [5.41, 5.74) is 6.33. The number of carbonyl (C=O) groups is 2. The fourth-order valence-corrected chi connectivity index (χ4v) is 3.96. The summed E-state index contributed by atoms with van der Waals surface area (Å²) in [4.78, 5) is 24.7. The van der Waals surface area contributed by atoms with Gasteiger partial charge in [0.05, 0.1) is 6.54 Å². The van der Waals surface area contributed by atoms with Gasteiger partial charge in [0.25, 0.3) is 5.97 Å². The second-order valence-electron chi connectivity index (χ2n) is 7.95. The number of carbonyl (C=O) groups excluding carboxylic acids is 2. The number of hydrazine groups is 1. The van der Waals surface area contributed by atoms with Gasteiger partial charge < -0.3 is 9.88 Å². The smallest absolute Gasteiger partial charge is 0.485 e. The van der Waals surface area contributed by atoms with Gasteiger partial charge in [-0.1, -0.05) is 43.0 Å². The normalized spacial score (nSPS) is 19.3. The lowest BCUT2D eigenvalue weighted by molar-refractivity contribution is -0.135. The highest BCUT2D eigenvalue weighted by atomic mass is 16.5. The van der Waals surface area contributed by atoms with Crippen LogP contribution in [0.1, 0.15) is 62.5 Å². The maximum Gasteiger partial charge on any atom is 0.485 e. The molecule has 2 aliphatic heterocycles. The van der Waals surface area contributed by atoms with E-state index in [9.17, 15) is 9.59 Å². The molecule has 1 saturated heterocycles. The summed E-state index contributed by atoms with van der Waals surface area (Å²) in [5.74, 6) is -0.303. The Kier molecular flexibility index (Phi) is 7.92. The third-order valence-electron chi connectivity index (χ3n) is 5.49. The molecule has 0 spiro atoms. The molecule has 0 bridgehead atoms. The highest BCUT2D eigenvalue weighted by molar-refractivity contribution is 6.67. The van der Waals surface area contributed by atoms with E-state index in [0.717, 1.165) is 57.1 Å². The fraction of sp³-hybridized carbons (Fsp3) is 0.619. The van der Waals surface area contributed by atoms with Crippen LogP contribution < -0.4 is 16.1 Å². The first-order valence-corrected chi connectivity index (χ1v) is 10.7. The molecule has 2 N–H and O–H groups in total. The molecule has 2 heterocycles. The molecule has 3 rings (SSSR count). The maximum absolute atomic E-state index is 12.4. The first kappa shape index (κ1) is 20.9. The zero-order valence-corrected chi connectivity index (χ0v) is 17.0. The van der Waals surface area contributed by atoms with Gasteiger partial charge in [-0.05, 0) is 50.1 Å². The van der Waals surface area contributed by atoms with E-state index in [1.54, 1.807) is 0 Å². The molecule has 1 aromatic carbocycles. The monoisotopic (exact) mass is 385 g/mol. The quantitative estimate of drug-likeness (QED) is 0.775. The van der Waals surface area contributed by atoms with Gasteiger partial charge in [-0.25, -0.2) is 5.01 Å². The van der Waals surface area contributed by atoms with Crippen molar-refractivity contribution in [2.24, 2.45) is 0 Å². The Morgan fingerprint density at radius 3 is 2.57 bits per heavy atom. The van der Waals surface area contributed by atoms with Crippen LogP contribution in [0.3, 0.4) is 0 Å². The van der Waals surface area contributed by atoms with Gasteiger partial charge in [0.15, 0.2) is 0 Å². The van der Waals surface area contributed by atoms with Crippen molar-refractivity contribution >= 4 is 24.4 Å². The lowest BCUT2D eigenvalue weighted by atomic mass is 9.69. The molecule has 1 fully saturated rings. The number of aryl methyl sites for hydroxylation is 2. The summed E-state index contributed by atoms with van der Waals surface area (Å²) < 4.78 is 5.71. The second kappa shape index (κ2) is 10.6. The van der Waals surface area contributed by atoms with Gasteiger partial charge >= 0.3 is 7.05 Å². The van der Waals surface area contributed by atoms with Crippen molar-refractivity contribution in [3.05, 3.63) is 29.3 Å². The van der Waals surface area contributed by atoms with E-state index in [0.29, 0.717) is 6.42 Å². The van der Waals surface area contributed by atoms with E-state index in [2.05, 4.69) is 23.6 Å². The van der Waals surface area contributed by atoms with Crippen molar-refractivity contribution in [2.75, 3.05) is 19.6 Å². The van der Waals surface area contributed by atoms with Gasteiger partial charge in [-0.2, -0.15) is 0 Å². The Labute approximate surface area is 168 Å². The number of nitrogens with one attached hydrogen (secondary N) is 2. The zero-order chi connectivity index (χ0) is 19.8. The molecule has 0 aromatic heterocycles. The van der Waals surface area contributed by atoms with Crippen molar-refractivity contribution < 1.29 is 14.2 Å². The van der Waals surface area contributed by atoms with Crippen molar-refractivity contribution in [3.8, 4) is 0 Å². The Morgan fingerprint density at radius 1 is 1.07 bits per heavy atom. The van der Waals surface area contributed by atoms with Crippen LogP contribution in [-0.2, 0) is 20.7 Å². The molecule has 0 aliphatic carbocycles. The molecular formula is C21H32BN3O3. The molecule has 2 aliphatic rings. The van der Waals surface area contributed by atoms with Crippen LogP contribution in [0.15, 0.2) is 18.2 Å². The van der Waals surface area contributed by atoms with Crippen molar-refractivity contribution in [1.29, 1.82) is 0 Å². The minimum Gasteiger partial charge on any atom is -0.516 e. The van der Waals surface area contributed by atoms with E-state index in [4.69, 9.17) is 4.65 Å². The molecule has 0 atom stereocenters. The van der Waals surface area contributed by atoms with Crippen LogP contribution in [0.4, 0.5) is 0 Å². The Hall–Kier alpha value is -1.86. The molecular weight excluding hydrogens is 353 g/mol. The molecule has 7 heteroatoms. The predicted octanol–water partition coefficient (Wildman–Crippen LogP) is 1.85. The second-order valence-corrected chi connectivity index (χ2v) is 7.95. The number of rotatable bonds is 4. The first-order valence-electron chi connectivity index (χ1n) is 10.7. The van der Waals surface area contributed by atoms with Crippen LogP contribution >= 0.6 is 0 Å². The third-order valence-corrected chi connectivity index (χ3v) is 5.49. The van der Waals surface area contributed by atoms with Gasteiger partial charge in [0, 0.05) is 19.5 Å². The minimum atomic E-state index is -0.587. The SMILES string of the molecule is Cc1ccc2c(c1)CCCCCC(=O)OB2NCC(=O)NN1CCCCCC1. The van der Waals surface area contributed by atoms with E-state index in [1.807, 2.05) is 17.1 Å². The van der Waals surface area contributed by atoms with E-state index < -0.39 is 7.05 Å². The summed E-state index contributed by atoms with van der Waals surface area (Å²) in [7, 11) is -0.587. The predicted molar refractivity (Wildman–Crippen MR) is 111 cm³/mol. The van der Waals surface area contributed by atoms with Crippen LogP contribution in [0.5, 0.6) is 0 Å². The topological polar surface area (TPSA) is 70.7 Å². The Balaban J connectivity index is 1.65. The number of amides is 1. The zero-order valence-electron chi connectivity index (χ0n) is 17.0. The maximum atomic E-state index is 12.4. The van der Waals surface area contributed by atoms with Crippen LogP contribution in [0.25, 0.3) is 0 Å². The van der Waals surface area contributed by atoms with E-state index in [1.165, 1.54) is 24.0 Å². The number of hydrogen-bond donors (Lipinski definition) is 2. The standard InChI is InChI=1S/C21H32BN3O3/c1-17-11-12-19-18(15-17)9-5-4-6-10-21(27)28-22(19)23-16-20(26)24-25-13-7-2-3-8-14-25/h11-12,15,23H,2-10,13-14,16H2,1H3,(H,24,26). The highest BCUT2D eigenvalue weighted by Gasteiger charge is 2.28. The van der Waals surface area contributed by atoms with Crippen LogP contribution in [-0.4, -0.2) is 43.6 Å². The molecule has 0 unspecified atom stereocenters. The summed E-state index contributed by atoms with van der Waals surface area (Å²) in [5, 5.41) is 5.17. The molecule has 152 valence electrons. The van der Waals surface area contributed by atoms with Gasteiger partial charge in [-0.3, -0.25) is 15.0 Å². The highest BCUT2D eigenvalue weighted by Crippen LogP contribution is 2.12. The number of nitrogens with zero attached hydrogens (tertiary/aromatic N) is 1. The lowest BCUT2D eigenvalue weighted by Gasteiger charge is -2.23. The summed E-state index contributed by atoms with van der Waals surface area (Å²) in [6.45, 7) is 3.97. The number of benzene rings is 1. The molecule has 28 heavy (non-hydrogen) atoms. The van der Waals surface area contributed by atoms with Crippen LogP contribution in [0, 0.1) is 6.92 Å². The molecule has 1 amide bonds. The minimum absolute atomic E-state index is 0.0938. The molecule has 1 aromatic rings. The van der Waals surface area contributed by atoms with Crippen molar-refractivity contribution in [1.82, 2.24) is 15.7 Å². The van der Waals surface area contributed by atoms with E-state index >= 15 is 0 Å². The Morgan fingerprint density at radius 2 is 1.79 bits per heavy atom. The Bertz CT molecular complexity index is 675. The average molecular weight is 385 g/mol. The third kappa shape index (κ3) is 6.35. The van der Waals surface area contributed by atoms with E-state index in [-0.39, 0.29) is 18.4 Å². The first-order chi connectivity index (χ1) is 13.6. The van der Waals surface area contributed by atoms with Gasteiger partial charge in [0.1, 0.15) is 0 Å². The van der Waals surface area contributed by atoms with Crippen molar-refractivity contribution in [2.45, 2.75) is 64.7 Å². The van der Waals surface area contributed by atoms with Crippen molar-refractivity contribution in [3.63, 3.8) is 0 Å². The molecule has 0 saturated carbocycles. The summed E-state index contributed by atoms with van der Waals surface area (Å²) in [6.07, 6.45) is 9.00. The molecule has 6 nitrogen and oxygen atoms in total. The average Bonchev–Trinajstić information content (AvgIpc) is 2.93. The summed E-state index contributed by atoms with van der Waals surface area (Å²) >= 11 is 0. The largest absolute Gasteiger partial charge is 0.516 e. The van der Waals surface area contributed by atoms with Crippen LogP contribution in [0.2, 0.25) is 0 Å². The number of hydrogen-bond acceptors (Lipinski definition) is 5. The van der Waals surface area contributed by atoms with Gasteiger partial charge in [-0.15, -0.1) is 0 Å². The lowest BCUT2D eigenvalue weighted by Crippen LogP contribution is -2.54. The summed E-state index contributed by atoms with van der Waals surface area (Å²) in [6, 6.07) is 6.21. The van der Waals surface area contributed by atoms with Gasteiger partial charge in [0.2, 0.25) is 5.91 Å². The molecule has 0 radical (unpaired) electrons. The number of fused-ring (bicyclic) bond motifs is 1. The fourth-order valence-electron chi connectivity index (χ4n) is 3.96.